The summed E-state index contributed by atoms with van der Waals surface area (Å²) in [6.07, 6.45) is 0. The van der Waals surface area contributed by atoms with E-state index in [0.717, 1.165) is 0 Å². The van der Waals surface area contributed by atoms with Gasteiger partial charge in [-0.15, -0.1) is 10.2 Å². The maximum atomic E-state index is 13.0. The maximum Gasteiger partial charge on any atom is 0.341 e. The number of halogens is 2. The van der Waals surface area contributed by atoms with Crippen LogP contribution in [0.5, 0.6) is 11.6 Å². The van der Waals surface area contributed by atoms with Crippen LogP contribution in [0.1, 0.15) is 21.5 Å². The van der Waals surface area contributed by atoms with Crippen LogP contribution in [0.25, 0.3) is 0 Å². The summed E-state index contributed by atoms with van der Waals surface area (Å²) in [5, 5.41) is 16.9. The molecule has 1 aromatic carbocycles. The first kappa shape index (κ1) is 14.6. The van der Waals surface area contributed by atoms with Crippen molar-refractivity contribution < 1.29 is 19.0 Å². The molecule has 0 amide bonds. The largest absolute Gasteiger partial charge is 0.477 e. The van der Waals surface area contributed by atoms with Crippen molar-refractivity contribution in [2.45, 2.75) is 13.8 Å². The Balaban J connectivity index is 2.48. The zero-order chi connectivity index (χ0) is 14.9. The molecule has 0 unspecified atom stereocenters. The van der Waals surface area contributed by atoms with E-state index in [1.54, 1.807) is 13.8 Å². The summed E-state index contributed by atoms with van der Waals surface area (Å²) >= 11 is 1.90. The Labute approximate surface area is 127 Å². The van der Waals surface area contributed by atoms with Crippen molar-refractivity contribution in [3.8, 4) is 11.6 Å². The van der Waals surface area contributed by atoms with Gasteiger partial charge in [0, 0.05) is 5.56 Å². The number of carboxylic acids is 1. The molecule has 0 aliphatic rings. The number of aryl methyl sites for hydroxylation is 1. The van der Waals surface area contributed by atoms with E-state index in [1.165, 1.54) is 18.2 Å². The molecular formula is C13H10FIN2O3. The molecule has 0 saturated carbocycles. The number of benzene rings is 1. The van der Waals surface area contributed by atoms with Crippen LogP contribution < -0.4 is 4.74 Å². The summed E-state index contributed by atoms with van der Waals surface area (Å²) in [5.74, 6) is -1.31. The van der Waals surface area contributed by atoms with Crippen LogP contribution in [-0.2, 0) is 0 Å². The minimum atomic E-state index is -1.15. The third-order valence-corrected chi connectivity index (χ3v) is 3.71. The van der Waals surface area contributed by atoms with Gasteiger partial charge in [0.25, 0.3) is 5.88 Å². The van der Waals surface area contributed by atoms with Gasteiger partial charge in [-0.2, -0.15) is 0 Å². The molecule has 0 aliphatic heterocycles. The highest BCUT2D eigenvalue weighted by atomic mass is 127. The van der Waals surface area contributed by atoms with Crippen LogP contribution >= 0.6 is 22.6 Å². The molecule has 5 nitrogen and oxygen atoms in total. The second-order valence-electron chi connectivity index (χ2n) is 4.11. The lowest BCUT2D eigenvalue weighted by Gasteiger charge is -2.11. The van der Waals surface area contributed by atoms with Crippen molar-refractivity contribution in [1.82, 2.24) is 10.2 Å². The summed E-state index contributed by atoms with van der Waals surface area (Å²) in [6, 6.07) is 3.95. The predicted molar refractivity (Wildman–Crippen MR) is 77.7 cm³/mol. The van der Waals surface area contributed by atoms with Crippen LogP contribution in [0.2, 0.25) is 0 Å². The number of hydrogen-bond donors (Lipinski definition) is 1. The molecule has 0 bridgehead atoms. The van der Waals surface area contributed by atoms with Crippen LogP contribution in [0.3, 0.4) is 0 Å². The quantitative estimate of drug-likeness (QED) is 0.817. The molecule has 20 heavy (non-hydrogen) atoms. The number of rotatable bonds is 3. The van der Waals surface area contributed by atoms with Gasteiger partial charge < -0.3 is 9.84 Å². The Morgan fingerprint density at radius 3 is 2.65 bits per heavy atom. The molecule has 1 N–H and O–H groups in total. The number of aromatic carboxylic acids is 1. The SMILES string of the molecule is Cc1cc(F)ccc1Oc1nnc(I)c(C)c1C(=O)O. The van der Waals surface area contributed by atoms with Crippen molar-refractivity contribution >= 4 is 28.6 Å². The number of carboxylic acid groups (broad SMARTS) is 1. The van der Waals surface area contributed by atoms with Gasteiger partial charge in [-0.05, 0) is 60.2 Å². The van der Waals surface area contributed by atoms with E-state index < -0.39 is 11.8 Å². The van der Waals surface area contributed by atoms with Crippen molar-refractivity contribution in [1.29, 1.82) is 0 Å². The highest BCUT2D eigenvalue weighted by molar-refractivity contribution is 14.1. The van der Waals surface area contributed by atoms with Crippen LogP contribution in [-0.4, -0.2) is 21.3 Å². The molecule has 0 atom stereocenters. The van der Waals surface area contributed by atoms with Gasteiger partial charge in [0.05, 0.1) is 0 Å². The molecule has 1 heterocycles. The molecule has 2 rings (SSSR count). The zero-order valence-corrected chi connectivity index (χ0v) is 12.8. The van der Waals surface area contributed by atoms with Gasteiger partial charge in [-0.1, -0.05) is 0 Å². The number of hydrogen-bond acceptors (Lipinski definition) is 4. The smallest absolute Gasteiger partial charge is 0.341 e. The normalized spacial score (nSPS) is 10.4. The standard InChI is InChI=1S/C13H10FIN2O3/c1-6-5-8(14)3-4-9(6)20-12-10(13(18)19)7(2)11(15)16-17-12/h3-5H,1-2H3,(H,18,19). The number of nitrogens with zero attached hydrogens (tertiary/aromatic N) is 2. The average Bonchev–Trinajstić information content (AvgIpc) is 2.36. The zero-order valence-electron chi connectivity index (χ0n) is 10.6. The fourth-order valence-electron chi connectivity index (χ4n) is 1.63. The Bertz CT molecular complexity index is 692. The Hall–Kier alpha value is -1.77. The van der Waals surface area contributed by atoms with Gasteiger partial charge in [0.15, 0.2) is 0 Å². The van der Waals surface area contributed by atoms with Crippen molar-refractivity contribution in [2.24, 2.45) is 0 Å². The van der Waals surface area contributed by atoms with E-state index in [2.05, 4.69) is 10.2 Å². The van der Waals surface area contributed by atoms with Crippen LogP contribution in [0.4, 0.5) is 4.39 Å². The lowest BCUT2D eigenvalue weighted by molar-refractivity contribution is 0.0692. The van der Waals surface area contributed by atoms with Crippen LogP contribution in [0.15, 0.2) is 18.2 Å². The molecule has 104 valence electrons. The van der Waals surface area contributed by atoms with Crippen molar-refractivity contribution in [3.05, 3.63) is 44.4 Å². The van der Waals surface area contributed by atoms with E-state index in [0.29, 0.717) is 20.6 Å². The van der Waals surface area contributed by atoms with E-state index in [-0.39, 0.29) is 11.4 Å². The van der Waals surface area contributed by atoms with Gasteiger partial charge >= 0.3 is 5.97 Å². The third kappa shape index (κ3) is 2.87. The number of carbonyl (C=O) groups is 1. The monoisotopic (exact) mass is 388 g/mol. The second-order valence-corrected chi connectivity index (χ2v) is 5.13. The molecule has 0 aliphatic carbocycles. The molecular weight excluding hydrogens is 378 g/mol. The lowest BCUT2D eigenvalue weighted by atomic mass is 10.2. The van der Waals surface area contributed by atoms with E-state index in [1.807, 2.05) is 22.6 Å². The molecule has 0 fully saturated rings. The van der Waals surface area contributed by atoms with Gasteiger partial charge in [0.2, 0.25) is 0 Å². The summed E-state index contributed by atoms with van der Waals surface area (Å²) in [6.45, 7) is 3.29. The first-order valence-corrected chi connectivity index (χ1v) is 6.68. The average molecular weight is 388 g/mol. The Morgan fingerprint density at radius 2 is 2.05 bits per heavy atom. The van der Waals surface area contributed by atoms with E-state index in [4.69, 9.17) is 4.74 Å². The summed E-state index contributed by atoms with van der Waals surface area (Å²) in [7, 11) is 0. The predicted octanol–water partition coefficient (Wildman–Crippen LogP) is 3.33. The molecule has 0 radical (unpaired) electrons. The second kappa shape index (κ2) is 5.70. The molecule has 0 spiro atoms. The lowest BCUT2D eigenvalue weighted by Crippen LogP contribution is -2.08. The maximum absolute atomic E-state index is 13.0. The fraction of sp³-hybridized carbons (Fsp3) is 0.154. The Morgan fingerprint density at radius 1 is 1.35 bits per heavy atom. The molecule has 0 saturated heterocycles. The van der Waals surface area contributed by atoms with Crippen LogP contribution in [0, 0.1) is 23.4 Å². The van der Waals surface area contributed by atoms with Gasteiger partial charge in [0.1, 0.15) is 20.8 Å². The topological polar surface area (TPSA) is 72.3 Å². The van der Waals surface area contributed by atoms with Gasteiger partial charge in [-0.3, -0.25) is 0 Å². The number of aromatic nitrogens is 2. The molecule has 7 heteroatoms. The number of ether oxygens (including phenoxy) is 1. The first-order chi connectivity index (χ1) is 9.40. The summed E-state index contributed by atoms with van der Waals surface area (Å²) < 4.78 is 19.0. The first-order valence-electron chi connectivity index (χ1n) is 5.60. The summed E-state index contributed by atoms with van der Waals surface area (Å²) in [5.41, 5.74) is 0.968. The highest BCUT2D eigenvalue weighted by Crippen LogP contribution is 2.29. The third-order valence-electron chi connectivity index (χ3n) is 2.68. The van der Waals surface area contributed by atoms with E-state index in [9.17, 15) is 14.3 Å². The Kier molecular flexibility index (Phi) is 4.17. The van der Waals surface area contributed by atoms with Crippen molar-refractivity contribution in [3.63, 3.8) is 0 Å². The minimum Gasteiger partial charge on any atom is -0.477 e. The molecule has 1 aromatic heterocycles. The highest BCUT2D eigenvalue weighted by Gasteiger charge is 2.20. The fourth-order valence-corrected chi connectivity index (χ4v) is 2.01. The molecule has 2 aromatic rings. The minimum absolute atomic E-state index is 0.0480. The van der Waals surface area contributed by atoms with Gasteiger partial charge in [-0.25, -0.2) is 9.18 Å². The van der Waals surface area contributed by atoms with E-state index >= 15 is 0 Å². The van der Waals surface area contributed by atoms with Crippen molar-refractivity contribution in [2.75, 3.05) is 0 Å². The summed E-state index contributed by atoms with van der Waals surface area (Å²) in [4.78, 5) is 11.3.